The number of benzene rings is 1. The monoisotopic (exact) mass is 313 g/mol. The highest BCUT2D eigenvalue weighted by Gasteiger charge is 2.38. The van der Waals surface area contributed by atoms with Crippen molar-refractivity contribution in [3.63, 3.8) is 0 Å². The summed E-state index contributed by atoms with van der Waals surface area (Å²) in [5.74, 6) is -0.163. The van der Waals surface area contributed by atoms with Gasteiger partial charge in [0.15, 0.2) is 0 Å². The second-order valence-electron chi connectivity index (χ2n) is 4.91. The van der Waals surface area contributed by atoms with Gasteiger partial charge in [-0.3, -0.25) is 9.69 Å². The van der Waals surface area contributed by atoms with Gasteiger partial charge in [-0.05, 0) is 24.6 Å². The van der Waals surface area contributed by atoms with Crippen molar-refractivity contribution >= 4 is 40.8 Å². The van der Waals surface area contributed by atoms with E-state index in [9.17, 15) is 9.59 Å². The molecule has 0 radical (unpaired) electrons. The number of carbonyl (C=O) groups is 2. The number of halogens is 2. The van der Waals surface area contributed by atoms with E-state index in [1.54, 1.807) is 12.1 Å². The second kappa shape index (κ2) is 5.14. The minimum atomic E-state index is -0.302. The zero-order valence-electron chi connectivity index (χ0n) is 10.6. The molecule has 1 unspecified atom stereocenters. The van der Waals surface area contributed by atoms with Gasteiger partial charge in [-0.25, -0.2) is 4.79 Å². The molecule has 2 saturated heterocycles. The fourth-order valence-corrected chi connectivity index (χ4v) is 3.24. The molecule has 2 aliphatic rings. The van der Waals surface area contributed by atoms with Gasteiger partial charge in [-0.1, -0.05) is 23.2 Å². The molecule has 1 atom stereocenters. The Hall–Kier alpha value is -1.46. The Bertz CT molecular complexity index is 563. The number of carbonyl (C=O) groups excluding carboxylic acids is 2. The molecule has 2 heterocycles. The van der Waals surface area contributed by atoms with Gasteiger partial charge >= 0.3 is 6.03 Å². The van der Waals surface area contributed by atoms with E-state index in [0.717, 1.165) is 18.7 Å². The number of amides is 3. The van der Waals surface area contributed by atoms with Crippen LogP contribution in [0, 0.1) is 0 Å². The second-order valence-corrected chi connectivity index (χ2v) is 5.75. The predicted octanol–water partition coefficient (Wildman–Crippen LogP) is 2.12. The summed E-state index contributed by atoms with van der Waals surface area (Å²) in [5.41, 5.74) is 0.880. The summed E-state index contributed by atoms with van der Waals surface area (Å²) in [5, 5.41) is 3.71. The van der Waals surface area contributed by atoms with Crippen LogP contribution in [0.25, 0.3) is 0 Å². The summed E-state index contributed by atoms with van der Waals surface area (Å²) < 4.78 is 0. The van der Waals surface area contributed by atoms with Gasteiger partial charge in [0.05, 0.1) is 23.3 Å². The lowest BCUT2D eigenvalue weighted by atomic mass is 10.2. The van der Waals surface area contributed by atoms with Gasteiger partial charge < -0.3 is 10.2 Å². The molecule has 1 aromatic carbocycles. The predicted molar refractivity (Wildman–Crippen MR) is 77.3 cm³/mol. The van der Waals surface area contributed by atoms with Crippen molar-refractivity contribution in [2.24, 2.45) is 0 Å². The number of anilines is 1. The molecule has 5 nitrogen and oxygen atoms in total. The van der Waals surface area contributed by atoms with E-state index in [1.165, 1.54) is 4.90 Å². The fourth-order valence-electron chi connectivity index (χ4n) is 2.71. The van der Waals surface area contributed by atoms with E-state index in [0.29, 0.717) is 16.6 Å². The summed E-state index contributed by atoms with van der Waals surface area (Å²) >= 11 is 12.1. The summed E-state index contributed by atoms with van der Waals surface area (Å²) in [7, 11) is 0. The molecule has 0 aliphatic carbocycles. The van der Waals surface area contributed by atoms with E-state index in [4.69, 9.17) is 23.2 Å². The van der Waals surface area contributed by atoms with Crippen LogP contribution in [0.4, 0.5) is 10.5 Å². The van der Waals surface area contributed by atoms with Crippen molar-refractivity contribution in [2.45, 2.75) is 12.5 Å². The zero-order chi connectivity index (χ0) is 14.3. The number of nitrogens with zero attached hydrogens (tertiary/aromatic N) is 2. The van der Waals surface area contributed by atoms with Crippen LogP contribution in [0.2, 0.25) is 10.0 Å². The van der Waals surface area contributed by atoms with Crippen molar-refractivity contribution in [1.29, 1.82) is 0 Å². The number of rotatable bonds is 2. The van der Waals surface area contributed by atoms with Gasteiger partial charge in [0.2, 0.25) is 5.91 Å². The Balaban J connectivity index is 1.76. The average molecular weight is 314 g/mol. The third kappa shape index (κ3) is 2.31. The van der Waals surface area contributed by atoms with Crippen LogP contribution in [0.15, 0.2) is 18.2 Å². The highest BCUT2D eigenvalue weighted by molar-refractivity contribution is 6.36. The van der Waals surface area contributed by atoms with Crippen molar-refractivity contribution in [2.75, 3.05) is 24.5 Å². The largest absolute Gasteiger partial charge is 0.368 e. The summed E-state index contributed by atoms with van der Waals surface area (Å²) in [6, 6.07) is 4.93. The van der Waals surface area contributed by atoms with Gasteiger partial charge in [0.1, 0.15) is 0 Å². The van der Waals surface area contributed by atoms with Crippen molar-refractivity contribution in [3.05, 3.63) is 28.2 Å². The van der Waals surface area contributed by atoms with Crippen molar-refractivity contribution < 1.29 is 9.59 Å². The molecule has 1 N–H and O–H groups in total. The molecule has 2 fully saturated rings. The normalized spacial score (nSPS) is 22.6. The lowest BCUT2D eigenvalue weighted by Crippen LogP contribution is -2.42. The number of nitrogens with one attached hydrogen (secondary N) is 1. The van der Waals surface area contributed by atoms with Crippen molar-refractivity contribution in [1.82, 2.24) is 10.2 Å². The lowest BCUT2D eigenvalue weighted by Gasteiger charge is -2.23. The van der Waals surface area contributed by atoms with E-state index in [-0.39, 0.29) is 24.5 Å². The van der Waals surface area contributed by atoms with Crippen LogP contribution in [-0.4, -0.2) is 42.5 Å². The molecule has 0 saturated carbocycles. The van der Waals surface area contributed by atoms with E-state index < -0.39 is 0 Å². The standard InChI is InChI=1S/C13H13Cl2N3O2/c14-8-1-2-11(10(15)5-8)17-4-3-9(7-17)18-12(19)6-16-13(18)20/h1-2,5,9H,3-4,6-7H2,(H,16,20). The zero-order valence-corrected chi connectivity index (χ0v) is 12.1. The van der Waals surface area contributed by atoms with Crippen LogP contribution in [0.3, 0.4) is 0 Å². The quantitative estimate of drug-likeness (QED) is 0.851. The van der Waals surface area contributed by atoms with E-state index >= 15 is 0 Å². The Kier molecular flexibility index (Phi) is 3.48. The van der Waals surface area contributed by atoms with Crippen LogP contribution < -0.4 is 10.2 Å². The maximum atomic E-state index is 11.7. The van der Waals surface area contributed by atoms with Crippen molar-refractivity contribution in [3.8, 4) is 0 Å². The van der Waals surface area contributed by atoms with Crippen LogP contribution in [-0.2, 0) is 4.79 Å². The Morgan fingerprint density at radius 3 is 2.70 bits per heavy atom. The van der Waals surface area contributed by atoms with E-state index in [1.807, 2.05) is 6.07 Å². The molecule has 20 heavy (non-hydrogen) atoms. The van der Waals surface area contributed by atoms with E-state index in [2.05, 4.69) is 10.2 Å². The summed E-state index contributed by atoms with van der Waals surface area (Å²) in [6.45, 7) is 1.45. The first kappa shape index (κ1) is 13.5. The Labute approximate surface area is 126 Å². The molecule has 0 bridgehead atoms. The number of hydrogen-bond acceptors (Lipinski definition) is 3. The maximum Gasteiger partial charge on any atom is 0.324 e. The molecule has 3 rings (SSSR count). The summed E-state index contributed by atoms with van der Waals surface area (Å²) in [6.07, 6.45) is 0.748. The molecule has 106 valence electrons. The maximum absolute atomic E-state index is 11.7. The molecular formula is C13H13Cl2N3O2. The molecule has 1 aromatic rings. The minimum absolute atomic E-state index is 0.0943. The van der Waals surface area contributed by atoms with Crippen LogP contribution >= 0.6 is 23.2 Å². The van der Waals surface area contributed by atoms with Gasteiger partial charge in [-0.15, -0.1) is 0 Å². The number of hydrogen-bond donors (Lipinski definition) is 1. The average Bonchev–Trinajstić information content (AvgIpc) is 2.97. The SMILES string of the molecule is O=C1CNC(=O)N1C1CCN(c2ccc(Cl)cc2Cl)C1. The molecule has 2 aliphatic heterocycles. The first-order valence-corrected chi connectivity index (χ1v) is 7.12. The summed E-state index contributed by atoms with van der Waals surface area (Å²) in [4.78, 5) is 26.8. The third-order valence-electron chi connectivity index (χ3n) is 3.66. The number of urea groups is 1. The molecular weight excluding hydrogens is 301 g/mol. The van der Waals surface area contributed by atoms with Crippen LogP contribution in [0.1, 0.15) is 6.42 Å². The first-order chi connectivity index (χ1) is 9.56. The van der Waals surface area contributed by atoms with Gasteiger partial charge in [-0.2, -0.15) is 0 Å². The Morgan fingerprint density at radius 2 is 2.05 bits per heavy atom. The minimum Gasteiger partial charge on any atom is -0.368 e. The highest BCUT2D eigenvalue weighted by Crippen LogP contribution is 2.32. The molecule has 0 aromatic heterocycles. The topological polar surface area (TPSA) is 52.7 Å². The fraction of sp³-hybridized carbons (Fsp3) is 0.385. The molecule has 3 amide bonds. The van der Waals surface area contributed by atoms with Gasteiger partial charge in [0, 0.05) is 18.1 Å². The number of imide groups is 1. The smallest absolute Gasteiger partial charge is 0.324 e. The third-order valence-corrected chi connectivity index (χ3v) is 4.20. The van der Waals surface area contributed by atoms with Gasteiger partial charge in [0.25, 0.3) is 0 Å². The Morgan fingerprint density at radius 1 is 1.25 bits per heavy atom. The first-order valence-electron chi connectivity index (χ1n) is 6.36. The lowest BCUT2D eigenvalue weighted by molar-refractivity contribution is -0.126. The molecule has 7 heteroatoms. The highest BCUT2D eigenvalue weighted by atomic mass is 35.5. The van der Waals surface area contributed by atoms with Crippen LogP contribution in [0.5, 0.6) is 0 Å². The molecule has 0 spiro atoms.